The molecule has 4 rings (SSSR count). The summed E-state index contributed by atoms with van der Waals surface area (Å²) in [6, 6.07) is 17.1. The van der Waals surface area contributed by atoms with Crippen molar-refractivity contribution in [2.45, 2.75) is 51.3 Å². The zero-order valence-corrected chi connectivity index (χ0v) is 20.8. The number of para-hydroxylation sites is 1. The normalized spacial score (nSPS) is 17.6. The number of rotatable bonds is 4. The number of nitrogens with zero attached hydrogens (tertiary/aromatic N) is 3. The van der Waals surface area contributed by atoms with Gasteiger partial charge in [0.1, 0.15) is 11.1 Å². The number of ether oxygens (including phenoxy) is 2. The van der Waals surface area contributed by atoms with Crippen molar-refractivity contribution in [2.24, 2.45) is 0 Å². The third kappa shape index (κ3) is 5.11. The van der Waals surface area contributed by atoms with Gasteiger partial charge in [0.25, 0.3) is 0 Å². The highest BCUT2D eigenvalue weighted by Gasteiger charge is 2.54. The van der Waals surface area contributed by atoms with Crippen LogP contribution in [0.1, 0.15) is 49.5 Å². The van der Waals surface area contributed by atoms with E-state index >= 15 is 0 Å². The maximum absolute atomic E-state index is 13.9. The summed E-state index contributed by atoms with van der Waals surface area (Å²) in [6.45, 7) is 7.34. The Balaban J connectivity index is 1.54. The number of likely N-dealkylation sites (tertiary alicyclic amines) is 1. The van der Waals surface area contributed by atoms with Crippen molar-refractivity contribution in [3.8, 4) is 0 Å². The topological polar surface area (TPSA) is 79.4 Å². The van der Waals surface area contributed by atoms with Gasteiger partial charge in [-0.25, -0.2) is 9.59 Å². The maximum Gasteiger partial charge on any atom is 0.410 e. The average molecular weight is 480 g/mol. The van der Waals surface area contributed by atoms with Gasteiger partial charge in [-0.15, -0.1) is 0 Å². The van der Waals surface area contributed by atoms with E-state index in [2.05, 4.69) is 4.90 Å². The quantitative estimate of drug-likeness (QED) is 0.616. The zero-order chi connectivity index (χ0) is 25.2. The molecule has 2 aromatic rings. The van der Waals surface area contributed by atoms with Crippen LogP contribution in [-0.2, 0) is 20.8 Å². The van der Waals surface area contributed by atoms with Crippen LogP contribution in [0, 0.1) is 0 Å². The first-order valence-electron chi connectivity index (χ1n) is 11.9. The molecular weight excluding hydrogens is 446 g/mol. The van der Waals surface area contributed by atoms with E-state index in [-0.39, 0.29) is 18.0 Å². The standard InChI is InChI=1S/C27H33N3O5/c1-26(2,3)35-25(33)28-16-14-27(15-17-28)24(32)29(19-30(27)22-8-6-5-7-9-22)18-20-10-12-21(13-11-20)23(31)34-4/h5-13H,14-19H2,1-4H3. The second-order valence-corrected chi connectivity index (χ2v) is 10.1. The van der Waals surface area contributed by atoms with Crippen molar-refractivity contribution in [2.75, 3.05) is 31.8 Å². The molecule has 8 heteroatoms. The van der Waals surface area contributed by atoms with Crippen molar-refractivity contribution < 1.29 is 23.9 Å². The van der Waals surface area contributed by atoms with Crippen LogP contribution in [0.15, 0.2) is 54.6 Å². The van der Waals surface area contributed by atoms with Crippen molar-refractivity contribution >= 4 is 23.7 Å². The van der Waals surface area contributed by atoms with E-state index in [9.17, 15) is 14.4 Å². The Kier molecular flexibility index (Phi) is 6.74. The molecule has 2 aliphatic heterocycles. The van der Waals surface area contributed by atoms with Gasteiger partial charge in [-0.3, -0.25) is 4.79 Å². The monoisotopic (exact) mass is 479 g/mol. The lowest BCUT2D eigenvalue weighted by molar-refractivity contribution is -0.134. The van der Waals surface area contributed by atoms with E-state index in [0.717, 1.165) is 11.3 Å². The summed E-state index contributed by atoms with van der Waals surface area (Å²) in [5.74, 6) is -0.331. The molecule has 2 aromatic carbocycles. The molecule has 2 amide bonds. The molecule has 0 aromatic heterocycles. The molecule has 35 heavy (non-hydrogen) atoms. The highest BCUT2D eigenvalue weighted by Crippen LogP contribution is 2.40. The average Bonchev–Trinajstić information content (AvgIpc) is 3.10. The second-order valence-electron chi connectivity index (χ2n) is 10.1. The zero-order valence-electron chi connectivity index (χ0n) is 20.8. The molecule has 2 saturated heterocycles. The van der Waals surface area contributed by atoms with Gasteiger partial charge in [0.2, 0.25) is 5.91 Å². The number of piperidine rings is 1. The third-order valence-electron chi connectivity index (χ3n) is 6.57. The fourth-order valence-electron chi connectivity index (χ4n) is 4.79. The van der Waals surface area contributed by atoms with Crippen molar-refractivity contribution in [3.05, 3.63) is 65.7 Å². The van der Waals surface area contributed by atoms with Gasteiger partial charge in [0.15, 0.2) is 0 Å². The number of benzene rings is 2. The van der Waals surface area contributed by atoms with Crippen molar-refractivity contribution in [1.82, 2.24) is 9.80 Å². The number of methoxy groups -OCH3 is 1. The van der Waals surface area contributed by atoms with Gasteiger partial charge in [-0.05, 0) is 63.4 Å². The summed E-state index contributed by atoms with van der Waals surface area (Å²) in [5, 5.41) is 0. The van der Waals surface area contributed by atoms with Gasteiger partial charge >= 0.3 is 12.1 Å². The summed E-state index contributed by atoms with van der Waals surface area (Å²) in [7, 11) is 1.35. The minimum atomic E-state index is -0.716. The number of esters is 1. The van der Waals surface area contributed by atoms with Gasteiger partial charge in [-0.2, -0.15) is 0 Å². The van der Waals surface area contributed by atoms with Crippen molar-refractivity contribution in [3.63, 3.8) is 0 Å². The molecule has 1 spiro atoms. The van der Waals surface area contributed by atoms with Crippen LogP contribution in [0.25, 0.3) is 0 Å². The van der Waals surface area contributed by atoms with Crippen LogP contribution >= 0.6 is 0 Å². The number of amides is 2. The summed E-state index contributed by atoms with van der Waals surface area (Å²) in [5.41, 5.74) is 1.11. The first-order chi connectivity index (χ1) is 16.6. The predicted molar refractivity (Wildman–Crippen MR) is 132 cm³/mol. The van der Waals surface area contributed by atoms with E-state index < -0.39 is 11.1 Å². The second kappa shape index (κ2) is 9.60. The SMILES string of the molecule is COC(=O)c1ccc(CN2CN(c3ccccc3)C3(CCN(C(=O)OC(C)(C)C)CC3)C2=O)cc1. The third-order valence-corrected chi connectivity index (χ3v) is 6.57. The molecule has 2 fully saturated rings. The number of hydrogen-bond acceptors (Lipinski definition) is 6. The van der Waals surface area contributed by atoms with Crippen LogP contribution in [0.5, 0.6) is 0 Å². The first kappa shape index (κ1) is 24.6. The minimum absolute atomic E-state index is 0.0576. The molecule has 0 atom stereocenters. The van der Waals surface area contributed by atoms with Gasteiger partial charge < -0.3 is 24.2 Å². The van der Waals surface area contributed by atoms with Crippen LogP contribution in [-0.4, -0.2) is 65.8 Å². The number of carbonyl (C=O) groups is 3. The Bertz CT molecular complexity index is 1070. The van der Waals surface area contributed by atoms with Crippen LogP contribution in [0.4, 0.5) is 10.5 Å². The highest BCUT2D eigenvalue weighted by molar-refractivity contribution is 5.94. The van der Waals surface area contributed by atoms with Crippen LogP contribution < -0.4 is 4.90 Å². The Hall–Kier alpha value is -3.55. The smallest absolute Gasteiger partial charge is 0.410 e. The molecule has 8 nitrogen and oxygen atoms in total. The van der Waals surface area contributed by atoms with Gasteiger partial charge in [0.05, 0.1) is 19.3 Å². The van der Waals surface area contributed by atoms with Crippen molar-refractivity contribution in [1.29, 1.82) is 0 Å². The van der Waals surface area contributed by atoms with E-state index in [1.54, 1.807) is 17.0 Å². The Morgan fingerprint density at radius 2 is 1.60 bits per heavy atom. The molecule has 0 radical (unpaired) electrons. The largest absolute Gasteiger partial charge is 0.465 e. The molecule has 0 N–H and O–H groups in total. The van der Waals surface area contributed by atoms with E-state index in [1.807, 2.05) is 68.1 Å². The fraction of sp³-hybridized carbons (Fsp3) is 0.444. The Morgan fingerprint density at radius 1 is 0.971 bits per heavy atom. The van der Waals surface area contributed by atoms with E-state index in [4.69, 9.17) is 9.47 Å². The molecular formula is C27H33N3O5. The lowest BCUT2D eigenvalue weighted by Gasteiger charge is -2.43. The van der Waals surface area contributed by atoms with E-state index in [0.29, 0.717) is 44.7 Å². The summed E-state index contributed by atoms with van der Waals surface area (Å²) in [6.07, 6.45) is 0.710. The lowest BCUT2D eigenvalue weighted by atomic mass is 9.85. The molecule has 2 heterocycles. The molecule has 186 valence electrons. The summed E-state index contributed by atoms with van der Waals surface area (Å²) < 4.78 is 10.3. The lowest BCUT2D eigenvalue weighted by Crippen LogP contribution is -2.57. The van der Waals surface area contributed by atoms with Crippen LogP contribution in [0.2, 0.25) is 0 Å². The number of hydrogen-bond donors (Lipinski definition) is 0. The number of carbonyl (C=O) groups excluding carboxylic acids is 3. The Labute approximate surface area is 206 Å². The van der Waals surface area contributed by atoms with Gasteiger partial charge in [0, 0.05) is 25.3 Å². The van der Waals surface area contributed by atoms with Crippen LogP contribution in [0.3, 0.4) is 0 Å². The molecule has 0 aliphatic carbocycles. The summed E-state index contributed by atoms with van der Waals surface area (Å²) in [4.78, 5) is 43.9. The first-order valence-corrected chi connectivity index (χ1v) is 11.9. The minimum Gasteiger partial charge on any atom is -0.465 e. The van der Waals surface area contributed by atoms with E-state index in [1.165, 1.54) is 7.11 Å². The fourth-order valence-corrected chi connectivity index (χ4v) is 4.79. The highest BCUT2D eigenvalue weighted by atomic mass is 16.6. The summed E-state index contributed by atoms with van der Waals surface area (Å²) >= 11 is 0. The molecule has 2 aliphatic rings. The predicted octanol–water partition coefficient (Wildman–Crippen LogP) is 4.05. The molecule has 0 saturated carbocycles. The maximum atomic E-state index is 13.9. The Morgan fingerprint density at radius 3 is 2.17 bits per heavy atom. The molecule has 0 bridgehead atoms. The molecule has 0 unspecified atom stereocenters. The number of anilines is 1. The van der Waals surface area contributed by atoms with Gasteiger partial charge in [-0.1, -0.05) is 30.3 Å².